The van der Waals surface area contributed by atoms with Crippen LogP contribution in [0, 0.1) is 2.88 Å². The molecule has 1 atom stereocenters. The van der Waals surface area contributed by atoms with Crippen LogP contribution >= 0.6 is 33.9 Å². The minimum atomic E-state index is -0.255. The van der Waals surface area contributed by atoms with Gasteiger partial charge in [0.15, 0.2) is 0 Å². The Labute approximate surface area is 153 Å². The maximum absolute atomic E-state index is 13.0. The first-order chi connectivity index (χ1) is 11.2. The molecule has 23 heavy (non-hydrogen) atoms. The predicted octanol–water partition coefficient (Wildman–Crippen LogP) is 5.18. The highest BCUT2D eigenvalue weighted by atomic mass is 127. The lowest BCUT2D eigenvalue weighted by Gasteiger charge is -2.37. The van der Waals surface area contributed by atoms with Gasteiger partial charge in [0.05, 0.1) is 8.45 Å². The van der Waals surface area contributed by atoms with Gasteiger partial charge in [-0.3, -0.25) is 9.69 Å². The molecule has 116 valence electrons. The summed E-state index contributed by atoms with van der Waals surface area (Å²) in [6.45, 7) is 7.58. The maximum atomic E-state index is 13.0. The molecule has 2 heterocycles. The maximum Gasteiger partial charge on any atom is 0.262 e. The van der Waals surface area contributed by atoms with Crippen molar-refractivity contribution in [1.82, 2.24) is 4.90 Å². The second-order valence-corrected chi connectivity index (χ2v) is 7.95. The van der Waals surface area contributed by atoms with Crippen LogP contribution in [0.3, 0.4) is 0 Å². The number of nitrogens with zero attached hydrogens (tertiary/aromatic N) is 1. The van der Waals surface area contributed by atoms with Crippen LogP contribution < -0.4 is 5.32 Å². The first kappa shape index (κ1) is 16.0. The molecule has 1 aromatic carbocycles. The van der Waals surface area contributed by atoms with E-state index in [-0.39, 0.29) is 12.1 Å². The number of carbonyl (C=O) groups excluding carboxylic acids is 1. The molecular formula is C18H15IN2OS. The number of halogens is 1. The van der Waals surface area contributed by atoms with E-state index in [1.807, 2.05) is 30.3 Å². The van der Waals surface area contributed by atoms with Gasteiger partial charge >= 0.3 is 0 Å². The third-order valence-corrected chi connectivity index (χ3v) is 5.51. The fraction of sp³-hybridized carbons (Fsp3) is 0.0556. The molecule has 1 amide bonds. The number of allylic oxidation sites excluding steroid dienone is 3. The molecule has 1 aliphatic heterocycles. The summed E-state index contributed by atoms with van der Waals surface area (Å²) in [5.41, 5.74) is 2.23. The molecule has 0 saturated carbocycles. The van der Waals surface area contributed by atoms with Gasteiger partial charge in [0, 0.05) is 16.3 Å². The van der Waals surface area contributed by atoms with Crippen molar-refractivity contribution in [2.24, 2.45) is 0 Å². The number of fused-ring (bicyclic) bond motifs is 1. The van der Waals surface area contributed by atoms with Crippen molar-refractivity contribution >= 4 is 45.5 Å². The van der Waals surface area contributed by atoms with Crippen molar-refractivity contribution in [3.8, 4) is 0 Å². The normalized spacial score (nSPS) is 17.4. The van der Waals surface area contributed by atoms with Crippen LogP contribution in [0.1, 0.15) is 21.4 Å². The number of rotatable bonds is 4. The average Bonchev–Trinajstić information content (AvgIpc) is 2.99. The van der Waals surface area contributed by atoms with E-state index < -0.39 is 0 Å². The lowest BCUT2D eigenvalue weighted by molar-refractivity contribution is 0.0758. The summed E-state index contributed by atoms with van der Waals surface area (Å²) in [4.78, 5) is 15.9. The van der Waals surface area contributed by atoms with E-state index in [2.05, 4.69) is 47.1 Å². The van der Waals surface area contributed by atoms with Gasteiger partial charge in [0.1, 0.15) is 6.17 Å². The lowest BCUT2D eigenvalue weighted by Crippen LogP contribution is -2.41. The summed E-state index contributed by atoms with van der Waals surface area (Å²) in [7, 11) is 0. The number of thiophene rings is 1. The van der Waals surface area contributed by atoms with Crippen molar-refractivity contribution in [2.45, 2.75) is 6.17 Å². The zero-order chi connectivity index (χ0) is 16.4. The molecule has 0 aliphatic carbocycles. The highest BCUT2D eigenvalue weighted by Crippen LogP contribution is 2.38. The zero-order valence-electron chi connectivity index (χ0n) is 12.3. The minimum absolute atomic E-state index is 0.0410. The second-order valence-electron chi connectivity index (χ2n) is 4.94. The van der Waals surface area contributed by atoms with Crippen molar-refractivity contribution in [1.29, 1.82) is 0 Å². The summed E-state index contributed by atoms with van der Waals surface area (Å²) in [6.07, 6.45) is 4.89. The van der Waals surface area contributed by atoms with Gasteiger partial charge in [0.25, 0.3) is 5.91 Å². The van der Waals surface area contributed by atoms with Crippen LogP contribution in [-0.2, 0) is 0 Å². The molecule has 1 unspecified atom stereocenters. The van der Waals surface area contributed by atoms with E-state index in [1.165, 1.54) is 2.88 Å². The van der Waals surface area contributed by atoms with Gasteiger partial charge in [-0.25, -0.2) is 0 Å². The minimum Gasteiger partial charge on any atom is -0.360 e. The van der Waals surface area contributed by atoms with Crippen molar-refractivity contribution in [2.75, 3.05) is 5.32 Å². The van der Waals surface area contributed by atoms with Crippen LogP contribution in [0.15, 0.2) is 73.5 Å². The van der Waals surface area contributed by atoms with E-state index in [9.17, 15) is 4.79 Å². The van der Waals surface area contributed by atoms with Crippen LogP contribution in [0.5, 0.6) is 0 Å². The second kappa shape index (κ2) is 6.72. The number of nitrogens with one attached hydrogen (secondary N) is 1. The Morgan fingerprint density at radius 3 is 2.70 bits per heavy atom. The first-order valence-electron chi connectivity index (χ1n) is 7.05. The highest BCUT2D eigenvalue weighted by Gasteiger charge is 2.34. The van der Waals surface area contributed by atoms with Crippen LogP contribution in [0.4, 0.5) is 5.69 Å². The number of hydrogen-bond donors (Lipinski definition) is 1. The molecule has 0 bridgehead atoms. The molecule has 0 spiro atoms. The summed E-state index contributed by atoms with van der Waals surface area (Å²) in [5, 5.41) is 3.47. The molecule has 1 aromatic heterocycles. The SMILES string of the molecule is C=C/C=C(\C=C)N1C(=O)c2ccccc2NC1c1ccc(I)s1. The third kappa shape index (κ3) is 2.98. The third-order valence-electron chi connectivity index (χ3n) is 3.57. The molecule has 1 aliphatic rings. The lowest BCUT2D eigenvalue weighted by atomic mass is 10.1. The Balaban J connectivity index is 2.15. The zero-order valence-corrected chi connectivity index (χ0v) is 15.3. The van der Waals surface area contributed by atoms with Crippen LogP contribution in [0.2, 0.25) is 0 Å². The quantitative estimate of drug-likeness (QED) is 0.532. The van der Waals surface area contributed by atoms with Crippen molar-refractivity contribution in [3.63, 3.8) is 0 Å². The van der Waals surface area contributed by atoms with E-state index in [4.69, 9.17) is 0 Å². The smallest absolute Gasteiger partial charge is 0.262 e. The average molecular weight is 434 g/mol. The summed E-state index contributed by atoms with van der Waals surface area (Å²) < 4.78 is 1.18. The summed E-state index contributed by atoms with van der Waals surface area (Å²) in [6, 6.07) is 11.7. The Hall–Kier alpha value is -1.86. The predicted molar refractivity (Wildman–Crippen MR) is 104 cm³/mol. The van der Waals surface area contributed by atoms with Gasteiger partial charge in [-0.1, -0.05) is 31.4 Å². The van der Waals surface area contributed by atoms with Crippen LogP contribution in [-0.4, -0.2) is 10.8 Å². The Morgan fingerprint density at radius 1 is 1.26 bits per heavy atom. The summed E-state index contributed by atoms with van der Waals surface area (Å²) in [5.74, 6) is -0.0410. The number of hydrogen-bond acceptors (Lipinski definition) is 3. The molecule has 3 nitrogen and oxygen atoms in total. The monoisotopic (exact) mass is 434 g/mol. The fourth-order valence-electron chi connectivity index (χ4n) is 2.56. The molecule has 0 saturated heterocycles. The molecule has 1 N–H and O–H groups in total. The summed E-state index contributed by atoms with van der Waals surface area (Å²) >= 11 is 3.95. The van der Waals surface area contributed by atoms with E-state index in [1.54, 1.807) is 34.5 Å². The number of anilines is 1. The number of amides is 1. The molecule has 3 rings (SSSR count). The molecule has 5 heteroatoms. The number of carbonyl (C=O) groups is 1. The number of benzene rings is 1. The molecular weight excluding hydrogens is 419 g/mol. The van der Waals surface area contributed by atoms with Crippen LogP contribution in [0.25, 0.3) is 0 Å². The van der Waals surface area contributed by atoms with E-state index >= 15 is 0 Å². The van der Waals surface area contributed by atoms with E-state index in [0.717, 1.165) is 16.3 Å². The Morgan fingerprint density at radius 2 is 2.04 bits per heavy atom. The first-order valence-corrected chi connectivity index (χ1v) is 8.94. The Bertz CT molecular complexity index is 809. The van der Waals surface area contributed by atoms with E-state index in [0.29, 0.717) is 5.56 Å². The van der Waals surface area contributed by atoms with Crippen molar-refractivity contribution in [3.05, 3.63) is 86.8 Å². The molecule has 0 fully saturated rings. The van der Waals surface area contributed by atoms with Gasteiger partial charge in [-0.15, -0.1) is 11.3 Å². The van der Waals surface area contributed by atoms with Gasteiger partial charge < -0.3 is 5.32 Å². The Kier molecular flexibility index (Phi) is 4.68. The van der Waals surface area contributed by atoms with Gasteiger partial charge in [-0.2, -0.15) is 0 Å². The number of para-hydroxylation sites is 1. The van der Waals surface area contributed by atoms with Gasteiger partial charge in [0.2, 0.25) is 0 Å². The standard InChI is InChI=1S/C18H15IN2OS/c1-3-7-12(4-2)21-17(15-10-11-16(19)23-15)20-14-9-6-5-8-13(14)18(21)22/h3-11,17,20H,1-2H2/b12-7+. The topological polar surface area (TPSA) is 32.3 Å². The van der Waals surface area contributed by atoms with Crippen molar-refractivity contribution < 1.29 is 4.79 Å². The highest BCUT2D eigenvalue weighted by molar-refractivity contribution is 14.1. The molecule has 0 radical (unpaired) electrons. The molecule has 2 aromatic rings. The van der Waals surface area contributed by atoms with Gasteiger partial charge in [-0.05, 0) is 59.0 Å². The largest absolute Gasteiger partial charge is 0.360 e. The fourth-order valence-corrected chi connectivity index (χ4v) is 4.28.